The molecule has 0 spiro atoms. The fourth-order valence-corrected chi connectivity index (χ4v) is 2.18. The summed E-state index contributed by atoms with van der Waals surface area (Å²) in [6.45, 7) is 0.665. The van der Waals surface area contributed by atoms with Crippen molar-refractivity contribution in [3.8, 4) is 5.75 Å². The van der Waals surface area contributed by atoms with Gasteiger partial charge in [-0.05, 0) is 36.2 Å². The predicted octanol–water partition coefficient (Wildman–Crippen LogP) is 3.84. The summed E-state index contributed by atoms with van der Waals surface area (Å²) in [4.78, 5) is 12.1. The summed E-state index contributed by atoms with van der Waals surface area (Å²) in [5.74, 6) is 0.192. The lowest BCUT2D eigenvalue weighted by atomic mass is 10.1. The normalized spacial score (nSPS) is 10.8. The van der Waals surface area contributed by atoms with Crippen molar-refractivity contribution >= 4 is 16.9 Å². The Labute approximate surface area is 128 Å². The minimum absolute atomic E-state index is 0.199. The summed E-state index contributed by atoms with van der Waals surface area (Å²) in [7, 11) is 1.67. The number of hydrogen-bond acceptors (Lipinski definition) is 4. The van der Waals surface area contributed by atoms with E-state index in [4.69, 9.17) is 13.9 Å². The van der Waals surface area contributed by atoms with Crippen molar-refractivity contribution < 1.29 is 18.7 Å². The van der Waals surface area contributed by atoms with Crippen LogP contribution in [0.15, 0.2) is 59.0 Å². The third-order valence-electron chi connectivity index (χ3n) is 3.36. The molecule has 0 amide bonds. The maximum absolute atomic E-state index is 12.1. The van der Waals surface area contributed by atoms with Crippen molar-refractivity contribution in [1.82, 2.24) is 0 Å². The number of esters is 1. The molecule has 0 radical (unpaired) electrons. The van der Waals surface area contributed by atoms with Crippen molar-refractivity contribution in [2.24, 2.45) is 0 Å². The highest BCUT2D eigenvalue weighted by Gasteiger charge is 2.14. The fourth-order valence-electron chi connectivity index (χ4n) is 2.18. The molecule has 3 rings (SSSR count). The molecule has 0 aliphatic heterocycles. The van der Waals surface area contributed by atoms with Gasteiger partial charge in [0, 0.05) is 12.5 Å². The molecule has 4 heteroatoms. The van der Waals surface area contributed by atoms with E-state index in [0.717, 1.165) is 17.4 Å². The van der Waals surface area contributed by atoms with Crippen LogP contribution < -0.4 is 4.74 Å². The Bertz CT molecular complexity index is 738. The van der Waals surface area contributed by atoms with Crippen LogP contribution in [0, 0.1) is 0 Å². The highest BCUT2D eigenvalue weighted by Crippen LogP contribution is 2.21. The SMILES string of the molecule is COCCc1ccc(OC(=O)c2cc3ccccc3o2)cc1. The van der Waals surface area contributed by atoms with Crippen molar-refractivity contribution in [2.45, 2.75) is 6.42 Å². The number of rotatable bonds is 5. The fraction of sp³-hybridized carbons (Fsp3) is 0.167. The van der Waals surface area contributed by atoms with Crippen molar-refractivity contribution in [3.63, 3.8) is 0 Å². The van der Waals surface area contributed by atoms with Gasteiger partial charge in [0.25, 0.3) is 0 Å². The first-order chi connectivity index (χ1) is 10.8. The largest absolute Gasteiger partial charge is 0.449 e. The lowest BCUT2D eigenvalue weighted by Crippen LogP contribution is -2.07. The molecule has 0 saturated heterocycles. The topological polar surface area (TPSA) is 48.7 Å². The molecule has 0 aliphatic rings. The zero-order valence-corrected chi connectivity index (χ0v) is 12.2. The quantitative estimate of drug-likeness (QED) is 0.530. The van der Waals surface area contributed by atoms with E-state index in [2.05, 4.69) is 0 Å². The lowest BCUT2D eigenvalue weighted by Gasteiger charge is -2.04. The molecule has 0 aliphatic carbocycles. The zero-order valence-electron chi connectivity index (χ0n) is 12.2. The van der Waals surface area contributed by atoms with Gasteiger partial charge in [-0.1, -0.05) is 30.3 Å². The number of methoxy groups -OCH3 is 1. The first kappa shape index (κ1) is 14.4. The Balaban J connectivity index is 1.70. The number of hydrogen-bond donors (Lipinski definition) is 0. The molecular weight excluding hydrogens is 280 g/mol. The van der Waals surface area contributed by atoms with Gasteiger partial charge in [-0.25, -0.2) is 4.79 Å². The van der Waals surface area contributed by atoms with Crippen LogP contribution >= 0.6 is 0 Å². The Morgan fingerprint density at radius 2 is 1.86 bits per heavy atom. The summed E-state index contributed by atoms with van der Waals surface area (Å²) in [6, 6.07) is 16.5. The molecule has 22 heavy (non-hydrogen) atoms. The number of benzene rings is 2. The molecule has 112 valence electrons. The standard InChI is InChI=1S/C18H16O4/c1-20-11-10-13-6-8-15(9-7-13)21-18(19)17-12-14-4-2-3-5-16(14)22-17/h2-9,12H,10-11H2,1H3. The minimum atomic E-state index is -0.499. The van der Waals surface area contributed by atoms with Gasteiger partial charge in [0.05, 0.1) is 6.61 Å². The van der Waals surface area contributed by atoms with Crippen molar-refractivity contribution in [2.75, 3.05) is 13.7 Å². The van der Waals surface area contributed by atoms with Crippen molar-refractivity contribution in [1.29, 1.82) is 0 Å². The second-order valence-corrected chi connectivity index (χ2v) is 4.92. The minimum Gasteiger partial charge on any atom is -0.449 e. The maximum Gasteiger partial charge on any atom is 0.379 e. The van der Waals surface area contributed by atoms with Gasteiger partial charge in [0.2, 0.25) is 5.76 Å². The van der Waals surface area contributed by atoms with E-state index >= 15 is 0 Å². The first-order valence-corrected chi connectivity index (χ1v) is 7.05. The summed E-state index contributed by atoms with van der Waals surface area (Å²) in [5.41, 5.74) is 1.80. The Hall–Kier alpha value is -2.59. The van der Waals surface area contributed by atoms with Crippen LogP contribution in [0.2, 0.25) is 0 Å². The van der Waals surface area contributed by atoms with Crippen LogP contribution in [0.25, 0.3) is 11.0 Å². The molecule has 1 aromatic heterocycles. The number of carbonyl (C=O) groups is 1. The Kier molecular flexibility index (Phi) is 4.21. The number of fused-ring (bicyclic) bond motifs is 1. The van der Waals surface area contributed by atoms with Gasteiger partial charge in [-0.3, -0.25) is 0 Å². The van der Waals surface area contributed by atoms with Gasteiger partial charge in [0.15, 0.2) is 0 Å². The van der Waals surface area contributed by atoms with E-state index in [1.54, 1.807) is 25.3 Å². The molecular formula is C18H16O4. The zero-order chi connectivity index (χ0) is 15.4. The molecule has 3 aromatic rings. The summed E-state index contributed by atoms with van der Waals surface area (Å²) in [5, 5.41) is 0.879. The number of carbonyl (C=O) groups excluding carboxylic acids is 1. The average molecular weight is 296 g/mol. The van der Waals surface area contributed by atoms with Crippen LogP contribution in [0.5, 0.6) is 5.75 Å². The molecule has 0 bridgehead atoms. The smallest absolute Gasteiger partial charge is 0.379 e. The van der Waals surface area contributed by atoms with E-state index in [9.17, 15) is 4.79 Å². The first-order valence-electron chi connectivity index (χ1n) is 7.05. The second-order valence-electron chi connectivity index (χ2n) is 4.92. The van der Waals surface area contributed by atoms with Crippen LogP contribution in [-0.4, -0.2) is 19.7 Å². The highest BCUT2D eigenvalue weighted by molar-refractivity contribution is 5.93. The maximum atomic E-state index is 12.1. The van der Waals surface area contributed by atoms with Gasteiger partial charge in [0.1, 0.15) is 11.3 Å². The van der Waals surface area contributed by atoms with Crippen LogP contribution in [0.3, 0.4) is 0 Å². The van der Waals surface area contributed by atoms with Gasteiger partial charge in [-0.2, -0.15) is 0 Å². The van der Waals surface area contributed by atoms with Gasteiger partial charge < -0.3 is 13.9 Å². The molecule has 0 unspecified atom stereocenters. The number of furan rings is 1. The van der Waals surface area contributed by atoms with Crippen LogP contribution in [0.1, 0.15) is 16.1 Å². The van der Waals surface area contributed by atoms with E-state index in [1.165, 1.54) is 0 Å². The van der Waals surface area contributed by atoms with E-state index in [1.807, 2.05) is 36.4 Å². The molecule has 0 atom stereocenters. The summed E-state index contributed by atoms with van der Waals surface area (Å²) >= 11 is 0. The molecule has 2 aromatic carbocycles. The van der Waals surface area contributed by atoms with E-state index < -0.39 is 5.97 Å². The molecule has 0 saturated carbocycles. The summed E-state index contributed by atoms with van der Waals surface area (Å²) in [6.07, 6.45) is 0.828. The van der Waals surface area contributed by atoms with Crippen molar-refractivity contribution in [3.05, 3.63) is 65.9 Å². The predicted molar refractivity (Wildman–Crippen MR) is 83.2 cm³/mol. The average Bonchev–Trinajstić information content (AvgIpc) is 2.98. The Morgan fingerprint density at radius 1 is 1.09 bits per heavy atom. The van der Waals surface area contributed by atoms with Gasteiger partial charge >= 0.3 is 5.97 Å². The highest BCUT2D eigenvalue weighted by atomic mass is 16.5. The van der Waals surface area contributed by atoms with Gasteiger partial charge in [-0.15, -0.1) is 0 Å². The van der Waals surface area contributed by atoms with E-state index in [0.29, 0.717) is 17.9 Å². The lowest BCUT2D eigenvalue weighted by molar-refractivity contribution is 0.0704. The second kappa shape index (κ2) is 6.45. The van der Waals surface area contributed by atoms with Crippen LogP contribution in [0.4, 0.5) is 0 Å². The monoisotopic (exact) mass is 296 g/mol. The molecule has 0 N–H and O–H groups in total. The van der Waals surface area contributed by atoms with Crippen LogP contribution in [-0.2, 0) is 11.2 Å². The van der Waals surface area contributed by atoms with E-state index in [-0.39, 0.29) is 5.76 Å². The Morgan fingerprint density at radius 3 is 2.59 bits per heavy atom. The molecule has 1 heterocycles. The third kappa shape index (κ3) is 3.18. The molecule has 0 fully saturated rings. The summed E-state index contributed by atoms with van der Waals surface area (Å²) < 4.78 is 15.8. The third-order valence-corrected chi connectivity index (χ3v) is 3.36. The molecule has 4 nitrogen and oxygen atoms in total. The number of para-hydroxylation sites is 1. The number of ether oxygens (including phenoxy) is 2.